The molecule has 2 aromatic rings. The molecule has 0 aliphatic carbocycles. The van der Waals surface area contributed by atoms with Gasteiger partial charge in [0.25, 0.3) is 0 Å². The lowest BCUT2D eigenvalue weighted by Crippen LogP contribution is -1.96. The number of benzene rings is 2. The van der Waals surface area contributed by atoms with Gasteiger partial charge in [0.2, 0.25) is 0 Å². The average molecular weight is 252 g/mol. The van der Waals surface area contributed by atoms with Gasteiger partial charge in [0.05, 0.1) is 5.56 Å². The summed E-state index contributed by atoms with van der Waals surface area (Å²) in [6.07, 6.45) is 1.09. The fourth-order valence-electron chi connectivity index (χ4n) is 1.75. The molecule has 4 heteroatoms. The maximum absolute atomic E-state index is 13.6. The molecule has 0 atom stereocenters. The molecule has 0 fully saturated rings. The van der Waals surface area contributed by atoms with E-state index in [-0.39, 0.29) is 11.1 Å². The first-order chi connectivity index (χ1) is 8.54. The van der Waals surface area contributed by atoms with Gasteiger partial charge in [0.1, 0.15) is 23.3 Å². The molecule has 2 rings (SSSR count). The lowest BCUT2D eigenvalue weighted by molar-refractivity contribution is 0.577. The van der Waals surface area contributed by atoms with E-state index in [9.17, 15) is 17.6 Å². The molecular weight excluding hydrogens is 244 g/mol. The van der Waals surface area contributed by atoms with Crippen LogP contribution in [0.1, 0.15) is 5.56 Å². The van der Waals surface area contributed by atoms with Crippen LogP contribution in [0.25, 0.3) is 17.2 Å². The molecule has 0 bridgehead atoms. The molecule has 92 valence electrons. The second-order valence-electron chi connectivity index (χ2n) is 3.65. The van der Waals surface area contributed by atoms with Crippen molar-refractivity contribution >= 4 is 6.08 Å². The zero-order valence-electron chi connectivity index (χ0n) is 9.18. The Labute approximate surface area is 101 Å². The number of hydrogen-bond donors (Lipinski definition) is 0. The molecule has 0 unspecified atom stereocenters. The molecule has 0 radical (unpaired) electrons. The Bertz CT molecular complexity index is 597. The van der Waals surface area contributed by atoms with Gasteiger partial charge in [0.15, 0.2) is 0 Å². The predicted octanol–water partition coefficient (Wildman–Crippen LogP) is 4.55. The summed E-state index contributed by atoms with van der Waals surface area (Å²) in [6.45, 7) is 3.36. The molecule has 0 spiro atoms. The van der Waals surface area contributed by atoms with Gasteiger partial charge < -0.3 is 0 Å². The number of rotatable bonds is 2. The summed E-state index contributed by atoms with van der Waals surface area (Å²) in [5.74, 6) is -3.59. The molecule has 0 aromatic heterocycles. The Morgan fingerprint density at radius 1 is 0.889 bits per heavy atom. The summed E-state index contributed by atoms with van der Waals surface area (Å²) < 4.78 is 53.9. The van der Waals surface area contributed by atoms with Crippen LogP contribution in [-0.4, -0.2) is 0 Å². The third-order valence-corrected chi connectivity index (χ3v) is 2.53. The van der Waals surface area contributed by atoms with Gasteiger partial charge in [-0.05, 0) is 18.2 Å². The fourth-order valence-corrected chi connectivity index (χ4v) is 1.75. The van der Waals surface area contributed by atoms with Crippen LogP contribution in [0.5, 0.6) is 0 Å². The van der Waals surface area contributed by atoms with Gasteiger partial charge in [-0.1, -0.05) is 18.7 Å². The molecule has 0 heterocycles. The molecular formula is C14H8F4. The standard InChI is InChI=1S/C14H8F4/c1-2-9-10(6-8(15)7-13(9)18)14-11(16)4-3-5-12(14)17/h2-7H,1H2. The predicted molar refractivity (Wildman–Crippen MR) is 61.8 cm³/mol. The minimum absolute atomic E-state index is 0.139. The first-order valence-electron chi connectivity index (χ1n) is 5.10. The van der Waals surface area contributed by atoms with Gasteiger partial charge in [0, 0.05) is 17.2 Å². The Kier molecular flexibility index (Phi) is 3.19. The van der Waals surface area contributed by atoms with Crippen LogP contribution in [0.15, 0.2) is 36.9 Å². The van der Waals surface area contributed by atoms with E-state index in [1.807, 2.05) is 0 Å². The SMILES string of the molecule is C=Cc1c(F)cc(F)cc1-c1c(F)cccc1F. The summed E-state index contributed by atoms with van der Waals surface area (Å²) in [7, 11) is 0. The van der Waals surface area contributed by atoms with Crippen molar-refractivity contribution in [1.29, 1.82) is 0 Å². The van der Waals surface area contributed by atoms with E-state index in [2.05, 4.69) is 6.58 Å². The smallest absolute Gasteiger partial charge is 0.134 e. The molecule has 2 aromatic carbocycles. The zero-order chi connectivity index (χ0) is 13.3. The Morgan fingerprint density at radius 2 is 1.50 bits per heavy atom. The molecule has 0 aliphatic heterocycles. The fraction of sp³-hybridized carbons (Fsp3) is 0. The number of hydrogen-bond acceptors (Lipinski definition) is 0. The van der Waals surface area contributed by atoms with Gasteiger partial charge in [-0.25, -0.2) is 17.6 Å². The molecule has 0 N–H and O–H groups in total. The van der Waals surface area contributed by atoms with E-state index < -0.39 is 28.8 Å². The van der Waals surface area contributed by atoms with Crippen LogP contribution in [-0.2, 0) is 0 Å². The zero-order valence-corrected chi connectivity index (χ0v) is 9.18. The highest BCUT2D eigenvalue weighted by molar-refractivity contribution is 5.76. The van der Waals surface area contributed by atoms with Crippen molar-refractivity contribution in [1.82, 2.24) is 0 Å². The quantitative estimate of drug-likeness (QED) is 0.687. The molecule has 0 saturated heterocycles. The van der Waals surface area contributed by atoms with Crippen molar-refractivity contribution in [2.24, 2.45) is 0 Å². The van der Waals surface area contributed by atoms with E-state index >= 15 is 0 Å². The van der Waals surface area contributed by atoms with E-state index in [1.165, 1.54) is 6.07 Å². The first kappa shape index (κ1) is 12.4. The van der Waals surface area contributed by atoms with Gasteiger partial charge >= 0.3 is 0 Å². The number of halogens is 4. The molecule has 0 saturated carbocycles. The summed E-state index contributed by atoms with van der Waals surface area (Å²) in [5, 5.41) is 0. The summed E-state index contributed by atoms with van der Waals surface area (Å²) >= 11 is 0. The Morgan fingerprint density at radius 3 is 2.06 bits per heavy atom. The maximum Gasteiger partial charge on any atom is 0.134 e. The minimum Gasteiger partial charge on any atom is -0.207 e. The van der Waals surface area contributed by atoms with Crippen LogP contribution >= 0.6 is 0 Å². The molecule has 0 nitrogen and oxygen atoms in total. The summed E-state index contributed by atoms with van der Waals surface area (Å²) in [6, 6.07) is 4.74. The summed E-state index contributed by atoms with van der Waals surface area (Å²) in [4.78, 5) is 0. The van der Waals surface area contributed by atoms with Gasteiger partial charge in [-0.2, -0.15) is 0 Å². The van der Waals surface area contributed by atoms with E-state index in [0.29, 0.717) is 6.07 Å². The topological polar surface area (TPSA) is 0 Å². The van der Waals surface area contributed by atoms with Crippen molar-refractivity contribution in [2.75, 3.05) is 0 Å². The highest BCUT2D eigenvalue weighted by Crippen LogP contribution is 2.31. The van der Waals surface area contributed by atoms with Crippen molar-refractivity contribution in [3.63, 3.8) is 0 Å². The second-order valence-corrected chi connectivity index (χ2v) is 3.65. The van der Waals surface area contributed by atoms with E-state index in [4.69, 9.17) is 0 Å². The third-order valence-electron chi connectivity index (χ3n) is 2.53. The van der Waals surface area contributed by atoms with E-state index in [0.717, 1.165) is 24.3 Å². The first-order valence-corrected chi connectivity index (χ1v) is 5.10. The minimum atomic E-state index is -0.914. The lowest BCUT2D eigenvalue weighted by atomic mass is 9.98. The molecule has 18 heavy (non-hydrogen) atoms. The second kappa shape index (κ2) is 4.64. The van der Waals surface area contributed by atoms with Crippen LogP contribution < -0.4 is 0 Å². The molecule has 0 amide bonds. The van der Waals surface area contributed by atoms with Crippen molar-refractivity contribution in [3.8, 4) is 11.1 Å². The highest BCUT2D eigenvalue weighted by atomic mass is 19.1. The van der Waals surface area contributed by atoms with Crippen molar-refractivity contribution in [2.45, 2.75) is 0 Å². The van der Waals surface area contributed by atoms with Crippen LogP contribution in [0.3, 0.4) is 0 Å². The van der Waals surface area contributed by atoms with Crippen LogP contribution in [0.2, 0.25) is 0 Å². The lowest BCUT2D eigenvalue weighted by Gasteiger charge is -2.10. The summed E-state index contributed by atoms with van der Waals surface area (Å²) in [5.41, 5.74) is -0.802. The van der Waals surface area contributed by atoms with Crippen LogP contribution in [0.4, 0.5) is 17.6 Å². The highest BCUT2D eigenvalue weighted by Gasteiger charge is 2.17. The Balaban J connectivity index is 2.82. The van der Waals surface area contributed by atoms with Gasteiger partial charge in [-0.3, -0.25) is 0 Å². The van der Waals surface area contributed by atoms with Crippen molar-refractivity contribution in [3.05, 3.63) is 65.7 Å². The normalized spacial score (nSPS) is 10.4. The Hall–Kier alpha value is -2.10. The average Bonchev–Trinajstić information content (AvgIpc) is 2.28. The largest absolute Gasteiger partial charge is 0.207 e. The maximum atomic E-state index is 13.6. The van der Waals surface area contributed by atoms with Crippen molar-refractivity contribution < 1.29 is 17.6 Å². The monoisotopic (exact) mass is 252 g/mol. The molecule has 0 aliphatic rings. The third kappa shape index (κ3) is 2.01. The van der Waals surface area contributed by atoms with Gasteiger partial charge in [-0.15, -0.1) is 0 Å². The van der Waals surface area contributed by atoms with E-state index in [1.54, 1.807) is 0 Å². The van der Waals surface area contributed by atoms with Crippen LogP contribution in [0, 0.1) is 23.3 Å².